The van der Waals surface area contributed by atoms with E-state index in [1.807, 2.05) is 25.3 Å². The van der Waals surface area contributed by atoms with Crippen LogP contribution >= 0.6 is 0 Å². The lowest BCUT2D eigenvalue weighted by atomic mass is 10.3. The fraction of sp³-hybridized carbons (Fsp3) is 0.583. The molecule has 0 amide bonds. The summed E-state index contributed by atoms with van der Waals surface area (Å²) in [5.41, 5.74) is 1.18. The maximum absolute atomic E-state index is 5.43. The molecule has 1 aromatic rings. The Balaban J connectivity index is 2.07. The number of ether oxygens (including phenoxy) is 1. The topological polar surface area (TPSA) is 34.1 Å². The molecule has 15 heavy (non-hydrogen) atoms. The van der Waals surface area contributed by atoms with Crippen molar-refractivity contribution in [3.05, 3.63) is 23.9 Å². The van der Waals surface area contributed by atoms with Gasteiger partial charge in [-0.3, -0.25) is 0 Å². The average Bonchev–Trinajstić information content (AvgIpc) is 2.26. The second kappa shape index (κ2) is 7.23. The molecule has 0 aliphatic heterocycles. The van der Waals surface area contributed by atoms with Gasteiger partial charge < -0.3 is 10.1 Å². The quantitative estimate of drug-likeness (QED) is 0.699. The van der Waals surface area contributed by atoms with Crippen LogP contribution in [0.25, 0.3) is 0 Å². The smallest absolute Gasteiger partial charge is 0.125 e. The molecule has 0 aliphatic carbocycles. The van der Waals surface area contributed by atoms with Crippen molar-refractivity contribution >= 4 is 5.82 Å². The van der Waals surface area contributed by atoms with Gasteiger partial charge in [0.05, 0.1) is 6.61 Å². The number of hydrogen-bond acceptors (Lipinski definition) is 3. The zero-order valence-corrected chi connectivity index (χ0v) is 9.62. The first-order chi connectivity index (χ1) is 7.33. The first kappa shape index (κ1) is 12.0. The summed E-state index contributed by atoms with van der Waals surface area (Å²) >= 11 is 0. The van der Waals surface area contributed by atoms with Crippen molar-refractivity contribution in [1.82, 2.24) is 4.98 Å². The van der Waals surface area contributed by atoms with Gasteiger partial charge in [-0.25, -0.2) is 4.98 Å². The minimum Gasteiger partial charge on any atom is -0.380 e. The zero-order chi connectivity index (χ0) is 10.9. The molecular weight excluding hydrogens is 188 g/mol. The summed E-state index contributed by atoms with van der Waals surface area (Å²) in [7, 11) is 0. The number of nitrogens with one attached hydrogen (secondary N) is 1. The van der Waals surface area contributed by atoms with Crippen molar-refractivity contribution in [2.24, 2.45) is 0 Å². The molecule has 1 heterocycles. The predicted molar refractivity (Wildman–Crippen MR) is 63.2 cm³/mol. The first-order valence-corrected chi connectivity index (χ1v) is 5.57. The summed E-state index contributed by atoms with van der Waals surface area (Å²) in [6, 6.07) is 4.04. The number of pyridine rings is 1. The Morgan fingerprint density at radius 1 is 1.33 bits per heavy atom. The molecule has 3 nitrogen and oxygen atoms in total. The largest absolute Gasteiger partial charge is 0.380 e. The summed E-state index contributed by atoms with van der Waals surface area (Å²) in [6.07, 6.45) is 4.19. The molecule has 0 saturated carbocycles. The van der Waals surface area contributed by atoms with Crippen molar-refractivity contribution in [3.8, 4) is 0 Å². The van der Waals surface area contributed by atoms with Gasteiger partial charge in [-0.15, -0.1) is 0 Å². The number of rotatable bonds is 7. The number of aromatic nitrogens is 1. The summed E-state index contributed by atoms with van der Waals surface area (Å²) in [6.45, 7) is 6.62. The Kier molecular flexibility index (Phi) is 5.78. The van der Waals surface area contributed by atoms with Crippen LogP contribution < -0.4 is 5.32 Å². The molecule has 0 unspecified atom stereocenters. The highest BCUT2D eigenvalue weighted by molar-refractivity contribution is 5.34. The van der Waals surface area contributed by atoms with E-state index in [0.29, 0.717) is 0 Å². The van der Waals surface area contributed by atoms with Crippen molar-refractivity contribution in [2.75, 3.05) is 25.1 Å². The van der Waals surface area contributed by atoms with Gasteiger partial charge in [-0.05, 0) is 25.0 Å². The molecule has 1 N–H and O–H groups in total. The summed E-state index contributed by atoms with van der Waals surface area (Å²) in [5, 5.41) is 3.21. The molecular formula is C12H20N2O. The molecule has 0 aromatic carbocycles. The van der Waals surface area contributed by atoms with Crippen LogP contribution in [0, 0.1) is 6.92 Å². The Hall–Kier alpha value is -1.09. The predicted octanol–water partition coefficient (Wildman–Crippen LogP) is 2.62. The average molecular weight is 208 g/mol. The van der Waals surface area contributed by atoms with Gasteiger partial charge in [0, 0.05) is 19.3 Å². The monoisotopic (exact) mass is 208 g/mol. The molecule has 0 bridgehead atoms. The molecule has 0 atom stereocenters. The lowest BCUT2D eigenvalue weighted by molar-refractivity contribution is 0.141. The molecule has 0 aliphatic rings. The molecule has 0 spiro atoms. The number of unbranched alkanes of at least 4 members (excludes halogenated alkanes) is 1. The highest BCUT2D eigenvalue weighted by atomic mass is 16.5. The van der Waals surface area contributed by atoms with E-state index >= 15 is 0 Å². The van der Waals surface area contributed by atoms with Gasteiger partial charge in [-0.1, -0.05) is 19.4 Å². The fourth-order valence-electron chi connectivity index (χ4n) is 1.17. The Morgan fingerprint density at radius 2 is 2.20 bits per heavy atom. The van der Waals surface area contributed by atoms with Crippen molar-refractivity contribution in [2.45, 2.75) is 26.7 Å². The number of anilines is 1. The summed E-state index contributed by atoms with van der Waals surface area (Å²) in [4.78, 5) is 4.25. The highest BCUT2D eigenvalue weighted by Gasteiger charge is 1.92. The first-order valence-electron chi connectivity index (χ1n) is 5.57. The number of aryl methyl sites for hydroxylation is 1. The molecule has 84 valence electrons. The van der Waals surface area contributed by atoms with E-state index in [4.69, 9.17) is 4.74 Å². The third-order valence-corrected chi connectivity index (χ3v) is 2.11. The van der Waals surface area contributed by atoms with E-state index in [9.17, 15) is 0 Å². The van der Waals surface area contributed by atoms with Crippen LogP contribution in [0.2, 0.25) is 0 Å². The summed E-state index contributed by atoms with van der Waals surface area (Å²) in [5.74, 6) is 0.916. The van der Waals surface area contributed by atoms with Crippen molar-refractivity contribution in [1.29, 1.82) is 0 Å². The van der Waals surface area contributed by atoms with E-state index in [1.54, 1.807) is 0 Å². The van der Waals surface area contributed by atoms with Gasteiger partial charge in [0.1, 0.15) is 5.82 Å². The third-order valence-electron chi connectivity index (χ3n) is 2.11. The van der Waals surface area contributed by atoms with E-state index in [-0.39, 0.29) is 0 Å². The highest BCUT2D eigenvalue weighted by Crippen LogP contribution is 2.02. The summed E-state index contributed by atoms with van der Waals surface area (Å²) < 4.78 is 5.43. The standard InChI is InChI=1S/C12H20N2O/c1-3-4-8-15-9-7-13-12-6-5-11(2)10-14-12/h5-6,10H,3-4,7-9H2,1-2H3,(H,13,14). The van der Waals surface area contributed by atoms with Gasteiger partial charge >= 0.3 is 0 Å². The SMILES string of the molecule is CCCCOCCNc1ccc(C)cn1. The second-order valence-electron chi connectivity index (χ2n) is 3.61. The van der Waals surface area contributed by atoms with Crippen LogP contribution in [0.5, 0.6) is 0 Å². The lowest BCUT2D eigenvalue weighted by Crippen LogP contribution is -2.10. The maximum Gasteiger partial charge on any atom is 0.125 e. The van der Waals surface area contributed by atoms with Crippen LogP contribution in [0.1, 0.15) is 25.3 Å². The van der Waals surface area contributed by atoms with Crippen LogP contribution in [0.3, 0.4) is 0 Å². The second-order valence-corrected chi connectivity index (χ2v) is 3.61. The number of hydrogen-bond donors (Lipinski definition) is 1. The molecule has 1 aromatic heterocycles. The van der Waals surface area contributed by atoms with Crippen LogP contribution in [0.4, 0.5) is 5.82 Å². The fourth-order valence-corrected chi connectivity index (χ4v) is 1.17. The molecule has 0 saturated heterocycles. The van der Waals surface area contributed by atoms with Crippen molar-refractivity contribution < 1.29 is 4.74 Å². The van der Waals surface area contributed by atoms with Gasteiger partial charge in [0.2, 0.25) is 0 Å². The Bertz CT molecular complexity index is 259. The molecule has 0 fully saturated rings. The Morgan fingerprint density at radius 3 is 2.87 bits per heavy atom. The minimum absolute atomic E-state index is 0.746. The van der Waals surface area contributed by atoms with Crippen LogP contribution in [0.15, 0.2) is 18.3 Å². The normalized spacial score (nSPS) is 10.3. The molecule has 0 radical (unpaired) electrons. The van der Waals surface area contributed by atoms with Gasteiger partial charge in [-0.2, -0.15) is 0 Å². The van der Waals surface area contributed by atoms with Crippen LogP contribution in [-0.2, 0) is 4.74 Å². The van der Waals surface area contributed by atoms with Gasteiger partial charge in [0.25, 0.3) is 0 Å². The minimum atomic E-state index is 0.746. The van der Waals surface area contributed by atoms with E-state index in [1.165, 1.54) is 12.0 Å². The molecule has 1 rings (SSSR count). The lowest BCUT2D eigenvalue weighted by Gasteiger charge is -2.06. The van der Waals surface area contributed by atoms with Gasteiger partial charge in [0.15, 0.2) is 0 Å². The maximum atomic E-state index is 5.43. The van der Waals surface area contributed by atoms with Crippen molar-refractivity contribution in [3.63, 3.8) is 0 Å². The third kappa shape index (κ3) is 5.37. The van der Waals surface area contributed by atoms with E-state index in [0.717, 1.165) is 32.0 Å². The number of nitrogens with zero attached hydrogens (tertiary/aromatic N) is 1. The Labute approximate surface area is 91.9 Å². The molecule has 3 heteroatoms. The van der Waals surface area contributed by atoms with E-state index in [2.05, 4.69) is 17.2 Å². The van der Waals surface area contributed by atoms with Crippen LogP contribution in [-0.4, -0.2) is 24.7 Å². The van der Waals surface area contributed by atoms with E-state index < -0.39 is 0 Å². The zero-order valence-electron chi connectivity index (χ0n) is 9.62.